The molecule has 36 heavy (non-hydrogen) atoms. The van der Waals surface area contributed by atoms with E-state index in [1.54, 1.807) is 4.90 Å². The highest BCUT2D eigenvalue weighted by atomic mass is 16.7. The summed E-state index contributed by atoms with van der Waals surface area (Å²) in [6, 6.07) is 16.1. The summed E-state index contributed by atoms with van der Waals surface area (Å²) in [5.41, 5.74) is 6.08. The molecule has 182 valence electrons. The van der Waals surface area contributed by atoms with Gasteiger partial charge in [0.15, 0.2) is 11.5 Å². The van der Waals surface area contributed by atoms with Crippen molar-refractivity contribution < 1.29 is 24.2 Å². The molecule has 4 aromatic rings. The Kier molecular flexibility index (Phi) is 4.64. The Morgan fingerprint density at radius 1 is 1.00 bits per heavy atom. The number of hydrogen-bond donors (Lipinski definition) is 2. The highest BCUT2D eigenvalue weighted by molar-refractivity contribution is 5.96. The molecule has 0 saturated carbocycles. The smallest absolute Gasteiger partial charge is 0.306 e. The molecule has 0 spiro atoms. The molecule has 1 unspecified atom stereocenters. The summed E-state index contributed by atoms with van der Waals surface area (Å²) in [7, 11) is 0. The molecule has 5 heterocycles. The second kappa shape index (κ2) is 7.91. The van der Waals surface area contributed by atoms with E-state index in [1.165, 1.54) is 5.56 Å². The van der Waals surface area contributed by atoms with E-state index < -0.39 is 5.97 Å². The van der Waals surface area contributed by atoms with Gasteiger partial charge < -0.3 is 29.0 Å². The van der Waals surface area contributed by atoms with Crippen LogP contribution in [0.2, 0.25) is 0 Å². The molecule has 1 fully saturated rings. The number of ether oxygens (including phenoxy) is 2. The zero-order valence-electron chi connectivity index (χ0n) is 19.6. The number of amides is 1. The summed E-state index contributed by atoms with van der Waals surface area (Å²) in [5.74, 6) is 0.282. The molecular weight excluding hydrogens is 458 g/mol. The largest absolute Gasteiger partial charge is 0.481 e. The van der Waals surface area contributed by atoms with Crippen LogP contribution >= 0.6 is 0 Å². The van der Waals surface area contributed by atoms with Crippen molar-refractivity contribution in [3.63, 3.8) is 0 Å². The van der Waals surface area contributed by atoms with Gasteiger partial charge in [-0.2, -0.15) is 0 Å². The molecule has 0 aliphatic carbocycles. The predicted molar refractivity (Wildman–Crippen MR) is 132 cm³/mol. The Bertz CT molecular complexity index is 1530. The van der Waals surface area contributed by atoms with Crippen LogP contribution in [0.25, 0.3) is 10.9 Å². The lowest BCUT2D eigenvalue weighted by Gasteiger charge is -2.31. The lowest BCUT2D eigenvalue weighted by molar-refractivity contribution is -0.143. The SMILES string of the molecule is O=C(O)C1CCN(C(=O)c2ccn3c2Cc2c([nH]c4ccccc24)C3c2ccc3c(c2)OCO3)CC1. The van der Waals surface area contributed by atoms with E-state index in [0.29, 0.717) is 37.9 Å². The molecule has 2 N–H and O–H groups in total. The van der Waals surface area contributed by atoms with E-state index >= 15 is 0 Å². The molecule has 3 aliphatic rings. The number of carboxylic acids is 1. The summed E-state index contributed by atoms with van der Waals surface area (Å²) >= 11 is 0. The van der Waals surface area contributed by atoms with Crippen molar-refractivity contribution in [2.24, 2.45) is 5.92 Å². The molecule has 8 nitrogen and oxygen atoms in total. The number of aliphatic carboxylic acids is 1. The van der Waals surface area contributed by atoms with Crippen molar-refractivity contribution in [3.8, 4) is 11.5 Å². The van der Waals surface area contributed by atoms with Gasteiger partial charge in [0.25, 0.3) is 5.91 Å². The van der Waals surface area contributed by atoms with Crippen molar-refractivity contribution in [2.45, 2.75) is 25.3 Å². The van der Waals surface area contributed by atoms with Crippen LogP contribution in [0.1, 0.15) is 51.8 Å². The molecule has 1 saturated heterocycles. The molecule has 2 aromatic carbocycles. The number of piperidine rings is 1. The van der Waals surface area contributed by atoms with Crippen LogP contribution in [0.4, 0.5) is 0 Å². The van der Waals surface area contributed by atoms with Crippen LogP contribution < -0.4 is 9.47 Å². The lowest BCUT2D eigenvalue weighted by atomic mass is 9.91. The van der Waals surface area contributed by atoms with Gasteiger partial charge in [0.2, 0.25) is 6.79 Å². The number of aromatic nitrogens is 2. The molecule has 8 heteroatoms. The van der Waals surface area contributed by atoms with Gasteiger partial charge in [-0.15, -0.1) is 0 Å². The summed E-state index contributed by atoms with van der Waals surface area (Å²) in [5, 5.41) is 10.5. The number of hydrogen-bond acceptors (Lipinski definition) is 4. The highest BCUT2D eigenvalue weighted by Crippen LogP contribution is 2.43. The third-order valence-electron chi connectivity index (χ3n) is 7.84. The van der Waals surface area contributed by atoms with E-state index in [-0.39, 0.29) is 24.7 Å². The first-order valence-electron chi connectivity index (χ1n) is 12.3. The Balaban J connectivity index is 1.32. The van der Waals surface area contributed by atoms with Crippen molar-refractivity contribution in [3.05, 3.63) is 82.8 Å². The minimum Gasteiger partial charge on any atom is -0.481 e. The van der Waals surface area contributed by atoms with Gasteiger partial charge in [0.05, 0.1) is 17.5 Å². The fourth-order valence-electron chi connectivity index (χ4n) is 5.96. The van der Waals surface area contributed by atoms with E-state index in [2.05, 4.69) is 27.8 Å². The second-order valence-corrected chi connectivity index (χ2v) is 9.74. The van der Waals surface area contributed by atoms with Crippen LogP contribution in [0, 0.1) is 5.92 Å². The monoisotopic (exact) mass is 483 g/mol. The second-order valence-electron chi connectivity index (χ2n) is 9.74. The normalized spacial score (nSPS) is 18.8. The Morgan fingerprint density at radius 2 is 1.81 bits per heavy atom. The molecular formula is C28H25N3O5. The van der Waals surface area contributed by atoms with Crippen LogP contribution in [0.3, 0.4) is 0 Å². The van der Waals surface area contributed by atoms with Crippen LogP contribution in [-0.4, -0.2) is 51.3 Å². The summed E-state index contributed by atoms with van der Waals surface area (Å²) in [4.78, 5) is 30.5. The number of likely N-dealkylation sites (tertiary alicyclic amines) is 1. The van der Waals surface area contributed by atoms with E-state index in [1.807, 2.05) is 36.5 Å². The molecule has 0 radical (unpaired) electrons. The van der Waals surface area contributed by atoms with Gasteiger partial charge in [0, 0.05) is 48.0 Å². The molecule has 7 rings (SSSR count). The average Bonchev–Trinajstić information content (AvgIpc) is 3.63. The Hall–Kier alpha value is -4.20. The van der Waals surface area contributed by atoms with Crippen molar-refractivity contribution in [1.29, 1.82) is 0 Å². The first-order chi connectivity index (χ1) is 17.6. The predicted octanol–water partition coefficient (Wildman–Crippen LogP) is 4.18. The maximum Gasteiger partial charge on any atom is 0.306 e. The molecule has 2 aromatic heterocycles. The maximum absolute atomic E-state index is 13.6. The molecule has 3 aliphatic heterocycles. The van der Waals surface area contributed by atoms with Gasteiger partial charge in [0.1, 0.15) is 0 Å². The van der Waals surface area contributed by atoms with Crippen molar-refractivity contribution in [1.82, 2.24) is 14.5 Å². The fraction of sp³-hybridized carbons (Fsp3) is 0.286. The number of H-pyrrole nitrogens is 1. The van der Waals surface area contributed by atoms with Crippen LogP contribution in [-0.2, 0) is 11.2 Å². The number of rotatable bonds is 3. The quantitative estimate of drug-likeness (QED) is 0.401. The van der Waals surface area contributed by atoms with Crippen molar-refractivity contribution >= 4 is 22.8 Å². The summed E-state index contributed by atoms with van der Waals surface area (Å²) in [6.45, 7) is 1.14. The number of nitrogens with zero attached hydrogens (tertiary/aromatic N) is 2. The first kappa shape index (κ1) is 21.1. The minimum absolute atomic E-state index is 0.0275. The minimum atomic E-state index is -0.776. The summed E-state index contributed by atoms with van der Waals surface area (Å²) < 4.78 is 13.4. The number of carboxylic acid groups (broad SMARTS) is 1. The molecule has 0 bridgehead atoms. The number of nitrogens with one attached hydrogen (secondary N) is 1. The van der Waals surface area contributed by atoms with E-state index in [4.69, 9.17) is 9.47 Å². The number of fused-ring (bicyclic) bond motifs is 5. The number of para-hydroxylation sites is 1. The number of carbonyl (C=O) groups is 2. The fourth-order valence-corrected chi connectivity index (χ4v) is 5.96. The first-order valence-corrected chi connectivity index (χ1v) is 12.3. The zero-order valence-corrected chi connectivity index (χ0v) is 19.6. The van der Waals surface area contributed by atoms with Gasteiger partial charge in [-0.05, 0) is 48.2 Å². The van der Waals surface area contributed by atoms with Gasteiger partial charge in [-0.1, -0.05) is 24.3 Å². The third-order valence-corrected chi connectivity index (χ3v) is 7.84. The summed E-state index contributed by atoms with van der Waals surface area (Å²) in [6.07, 6.45) is 3.61. The third kappa shape index (κ3) is 3.13. The van der Waals surface area contributed by atoms with E-state index in [0.717, 1.165) is 39.4 Å². The maximum atomic E-state index is 13.6. The lowest BCUT2D eigenvalue weighted by Crippen LogP contribution is -2.40. The topological polar surface area (TPSA) is 96.8 Å². The van der Waals surface area contributed by atoms with Gasteiger partial charge in [-0.3, -0.25) is 9.59 Å². The standard InChI is InChI=1S/C28H25N3O5/c32-27(30-10-7-16(8-11-30)28(33)34)19-9-12-31-22(19)14-20-18-3-1-2-4-21(18)29-25(20)26(31)17-5-6-23-24(13-17)36-15-35-23/h1-6,9,12-13,16,26,29H,7-8,10-11,14-15H2,(H,33,34). The Morgan fingerprint density at radius 3 is 2.64 bits per heavy atom. The zero-order chi connectivity index (χ0) is 24.4. The van der Waals surface area contributed by atoms with Gasteiger partial charge >= 0.3 is 5.97 Å². The van der Waals surface area contributed by atoms with Gasteiger partial charge in [-0.25, -0.2) is 0 Å². The number of aromatic amines is 1. The number of benzene rings is 2. The Labute approximate surface area is 207 Å². The number of carbonyl (C=O) groups excluding carboxylic acids is 1. The molecule has 1 atom stereocenters. The van der Waals surface area contributed by atoms with Crippen molar-refractivity contribution in [2.75, 3.05) is 19.9 Å². The molecule has 1 amide bonds. The van der Waals surface area contributed by atoms with Crippen LogP contribution in [0.5, 0.6) is 11.5 Å². The highest BCUT2D eigenvalue weighted by Gasteiger charge is 2.35. The van der Waals surface area contributed by atoms with E-state index in [9.17, 15) is 14.7 Å². The van der Waals surface area contributed by atoms with Crippen LogP contribution in [0.15, 0.2) is 54.7 Å². The average molecular weight is 484 g/mol.